The lowest BCUT2D eigenvalue weighted by Gasteiger charge is -2.49. The zero-order valence-corrected chi connectivity index (χ0v) is 63.3. The molecule has 0 spiro atoms. The standard InChI is InChI=1S/C77H139O24P/c1-4-7-10-13-16-19-22-25-28-29-32-34-37-40-43-46-49-52-62(80)94-57-60-65(83)67(85)72(90)77(98-60)100-74-70(88)68(86)69(87)73(99-76-71(89)66(84)64(82)59(54-78)97-76)75(74)101-102(91,92)95-56-58(96-63(81)53-50-47-44-41-38-35-31-27-24-21-18-15-12-9-6-3)55-93-61(79)51-48-45-42-39-36-33-30-26-23-20-17-14-11-8-5-2/h21,24,42,45,48,51,58-60,64-78,82-90H,4-20,22-23,25-41,43-44,46-47,49-50,52-57H2,1-3H3,(H,91,92)/b24-21-,45-42+,51-48+. The van der Waals surface area contributed by atoms with Crippen LogP contribution in [0.15, 0.2) is 36.5 Å². The first-order valence-electron chi connectivity index (χ1n) is 39.8. The minimum Gasteiger partial charge on any atom is -0.463 e. The molecule has 0 aromatic rings. The average molecular weight is 1480 g/mol. The van der Waals surface area contributed by atoms with Gasteiger partial charge in [0.15, 0.2) is 18.7 Å². The second kappa shape index (κ2) is 58.2. The molecule has 2 heterocycles. The summed E-state index contributed by atoms with van der Waals surface area (Å²) < 4.78 is 64.9. The van der Waals surface area contributed by atoms with Crippen molar-refractivity contribution in [1.29, 1.82) is 0 Å². The molecule has 18 unspecified atom stereocenters. The summed E-state index contributed by atoms with van der Waals surface area (Å²) in [6, 6.07) is 0. The van der Waals surface area contributed by atoms with Crippen molar-refractivity contribution in [2.75, 3.05) is 26.4 Å². The van der Waals surface area contributed by atoms with Crippen molar-refractivity contribution in [3.05, 3.63) is 36.5 Å². The van der Waals surface area contributed by atoms with E-state index in [1.54, 1.807) is 6.08 Å². The smallest absolute Gasteiger partial charge is 0.463 e. The predicted octanol–water partition coefficient (Wildman–Crippen LogP) is 11.9. The highest BCUT2D eigenvalue weighted by Gasteiger charge is 2.58. The molecule has 3 rings (SSSR count). The van der Waals surface area contributed by atoms with Gasteiger partial charge in [-0.3, -0.25) is 18.6 Å². The number of phosphoric acid groups is 1. The van der Waals surface area contributed by atoms with Crippen LogP contribution in [0.4, 0.5) is 0 Å². The third kappa shape index (κ3) is 40.4. The molecule has 24 nitrogen and oxygen atoms in total. The van der Waals surface area contributed by atoms with Crippen LogP contribution in [-0.2, 0) is 61.2 Å². The number of allylic oxidation sites excluding steroid dienone is 5. The third-order valence-corrected chi connectivity index (χ3v) is 20.5. The Bertz CT molecular complexity index is 2240. The maximum atomic E-state index is 14.3. The van der Waals surface area contributed by atoms with E-state index in [9.17, 15) is 74.9 Å². The lowest BCUT2D eigenvalue weighted by molar-refractivity contribution is -0.360. The van der Waals surface area contributed by atoms with Gasteiger partial charge in [0.2, 0.25) is 0 Å². The van der Waals surface area contributed by atoms with Crippen LogP contribution >= 0.6 is 7.82 Å². The van der Waals surface area contributed by atoms with Gasteiger partial charge >= 0.3 is 25.7 Å². The van der Waals surface area contributed by atoms with Crippen LogP contribution in [0.3, 0.4) is 0 Å². The second-order valence-electron chi connectivity index (χ2n) is 28.5. The predicted molar refractivity (Wildman–Crippen MR) is 388 cm³/mol. The van der Waals surface area contributed by atoms with E-state index < -0.39 is 156 Å². The van der Waals surface area contributed by atoms with Gasteiger partial charge in [-0.1, -0.05) is 269 Å². The zero-order chi connectivity index (χ0) is 74.6. The summed E-state index contributed by atoms with van der Waals surface area (Å²) in [6.07, 6.45) is 22.5. The summed E-state index contributed by atoms with van der Waals surface area (Å²) in [7, 11) is -5.72. The first kappa shape index (κ1) is 93.4. The average Bonchev–Trinajstić information content (AvgIpc) is 0.761. The molecule has 0 aromatic heterocycles. The highest BCUT2D eigenvalue weighted by atomic mass is 31.2. The van der Waals surface area contributed by atoms with E-state index in [0.29, 0.717) is 19.3 Å². The molecule has 3 aliphatic rings. The number of unbranched alkanes of at least 4 members (excludes halogenated alkanes) is 38. The number of ether oxygens (including phenoxy) is 7. The number of hydrogen-bond acceptors (Lipinski definition) is 23. The fraction of sp³-hybridized carbons (Fsp3) is 0.883. The van der Waals surface area contributed by atoms with E-state index in [-0.39, 0.29) is 12.8 Å². The molecule has 25 heteroatoms. The van der Waals surface area contributed by atoms with Gasteiger partial charge in [0.05, 0.1) is 13.2 Å². The Kier molecular flexibility index (Phi) is 53.3. The van der Waals surface area contributed by atoms with Gasteiger partial charge in [-0.2, -0.15) is 0 Å². The van der Waals surface area contributed by atoms with Crippen LogP contribution in [-0.4, -0.2) is 204 Å². The van der Waals surface area contributed by atoms with Crippen LogP contribution in [0.25, 0.3) is 0 Å². The molecule has 102 heavy (non-hydrogen) atoms. The molecule has 1 aliphatic carbocycles. The molecule has 0 bridgehead atoms. The van der Waals surface area contributed by atoms with Crippen LogP contribution in [0, 0.1) is 0 Å². The molecule has 596 valence electrons. The van der Waals surface area contributed by atoms with E-state index in [4.69, 9.17) is 42.2 Å². The first-order valence-corrected chi connectivity index (χ1v) is 41.3. The minimum absolute atomic E-state index is 0.0282. The topological polar surface area (TPSA) is 374 Å². The first-order chi connectivity index (χ1) is 49.3. The molecular weight excluding hydrogens is 1340 g/mol. The van der Waals surface area contributed by atoms with Gasteiger partial charge in [-0.15, -0.1) is 0 Å². The number of esters is 3. The summed E-state index contributed by atoms with van der Waals surface area (Å²) in [5.74, 6) is -2.25. The molecule has 0 aromatic carbocycles. The van der Waals surface area contributed by atoms with Crippen LogP contribution in [0.1, 0.15) is 303 Å². The fourth-order valence-corrected chi connectivity index (χ4v) is 14.0. The van der Waals surface area contributed by atoms with Crippen molar-refractivity contribution in [1.82, 2.24) is 0 Å². The molecule has 2 aliphatic heterocycles. The summed E-state index contributed by atoms with van der Waals surface area (Å²) in [6.45, 7) is 3.34. The Balaban J connectivity index is 1.72. The highest BCUT2D eigenvalue weighted by Crippen LogP contribution is 2.49. The number of carbonyl (C=O) groups is 3. The van der Waals surface area contributed by atoms with Crippen LogP contribution < -0.4 is 0 Å². The van der Waals surface area contributed by atoms with E-state index >= 15 is 0 Å². The van der Waals surface area contributed by atoms with Gasteiger partial charge in [-0.25, -0.2) is 9.36 Å². The fourth-order valence-electron chi connectivity index (χ4n) is 13.0. The Morgan fingerprint density at radius 2 is 0.765 bits per heavy atom. The van der Waals surface area contributed by atoms with Gasteiger partial charge in [0.1, 0.15) is 98.7 Å². The zero-order valence-electron chi connectivity index (χ0n) is 62.4. The lowest BCUT2D eigenvalue weighted by Crippen LogP contribution is -2.69. The molecule has 3 fully saturated rings. The summed E-state index contributed by atoms with van der Waals surface area (Å²) in [4.78, 5) is 51.0. The van der Waals surface area contributed by atoms with Crippen molar-refractivity contribution >= 4 is 25.7 Å². The summed E-state index contributed by atoms with van der Waals surface area (Å²) in [5, 5.41) is 110. The highest BCUT2D eigenvalue weighted by molar-refractivity contribution is 7.47. The van der Waals surface area contributed by atoms with Gasteiger partial charge in [-0.05, 0) is 51.4 Å². The van der Waals surface area contributed by atoms with Gasteiger partial charge in [0, 0.05) is 18.9 Å². The monoisotopic (exact) mass is 1480 g/mol. The number of aliphatic hydroxyl groups excluding tert-OH is 10. The van der Waals surface area contributed by atoms with E-state index in [0.717, 1.165) is 109 Å². The SMILES string of the molecule is CCCCCC/C=C\CCCCCCCCCC(=O)OC(COC(=O)/C=C/C=C/CCCCCCCCCCCCC)COP(=O)(O)OC1C(OC2OC(CO)C(O)C(O)C2O)C(O)C(O)C(O)C1OC1OC(COC(=O)CCCCCCCCCCCCCCCCCCC)C(O)C(O)C1O. The Morgan fingerprint density at radius 1 is 0.402 bits per heavy atom. The lowest BCUT2D eigenvalue weighted by atomic mass is 9.84. The third-order valence-electron chi connectivity index (χ3n) is 19.5. The molecule has 2 saturated heterocycles. The van der Waals surface area contributed by atoms with Crippen LogP contribution in [0.2, 0.25) is 0 Å². The molecular formula is C77H139O24P. The van der Waals surface area contributed by atoms with Gasteiger partial charge < -0.3 is 89.1 Å². The Morgan fingerprint density at radius 3 is 1.20 bits per heavy atom. The molecule has 11 N–H and O–H groups in total. The maximum Gasteiger partial charge on any atom is 0.472 e. The van der Waals surface area contributed by atoms with E-state index in [1.165, 1.54) is 154 Å². The second-order valence-corrected chi connectivity index (χ2v) is 29.9. The van der Waals surface area contributed by atoms with E-state index in [2.05, 4.69) is 32.9 Å². The van der Waals surface area contributed by atoms with Crippen molar-refractivity contribution in [3.8, 4) is 0 Å². The van der Waals surface area contributed by atoms with Crippen molar-refractivity contribution < 1.29 is 117 Å². The largest absolute Gasteiger partial charge is 0.472 e. The van der Waals surface area contributed by atoms with Crippen molar-refractivity contribution in [2.24, 2.45) is 0 Å². The number of hydrogen-bond donors (Lipinski definition) is 11. The minimum atomic E-state index is -5.72. The number of carbonyl (C=O) groups excluding carboxylic acids is 3. The normalized spacial score (nSPS) is 27.2. The number of aliphatic hydroxyl groups is 10. The maximum absolute atomic E-state index is 14.3. The summed E-state index contributed by atoms with van der Waals surface area (Å²) in [5.41, 5.74) is 0. The van der Waals surface area contributed by atoms with E-state index in [1.807, 2.05) is 6.08 Å². The molecule has 1 saturated carbocycles. The number of phosphoric ester groups is 1. The Labute approximate surface area is 610 Å². The van der Waals surface area contributed by atoms with Gasteiger partial charge in [0.25, 0.3) is 0 Å². The van der Waals surface area contributed by atoms with Crippen molar-refractivity contribution in [3.63, 3.8) is 0 Å². The van der Waals surface area contributed by atoms with Crippen LogP contribution in [0.5, 0.6) is 0 Å². The molecule has 0 amide bonds. The summed E-state index contributed by atoms with van der Waals surface area (Å²) >= 11 is 0. The quantitative estimate of drug-likeness (QED) is 0.00512. The molecule has 0 radical (unpaired) electrons. The van der Waals surface area contributed by atoms with Crippen molar-refractivity contribution in [2.45, 2.75) is 407 Å². The Hall–Kier alpha value is -2.82. The number of rotatable bonds is 62. The molecule has 18 atom stereocenters.